The third-order valence-corrected chi connectivity index (χ3v) is 5.79. The van der Waals surface area contributed by atoms with E-state index in [9.17, 15) is 31.5 Å². The molecule has 0 saturated carbocycles. The van der Waals surface area contributed by atoms with Gasteiger partial charge in [0.2, 0.25) is 5.43 Å². The Kier molecular flexibility index (Phi) is 6.28. The molecule has 1 aliphatic heterocycles. The minimum atomic E-state index is -4.71. The van der Waals surface area contributed by atoms with Crippen molar-refractivity contribution >= 4 is 22.8 Å². The SMILES string of the molecule is CCC(NC(=O)c1cn(-c2ccc(F)cc2F)c2nc(N3CCCC3)ccc2c1=O)C(F)(F)F. The van der Waals surface area contributed by atoms with Gasteiger partial charge in [0.15, 0.2) is 5.65 Å². The van der Waals surface area contributed by atoms with Gasteiger partial charge in [-0.3, -0.25) is 14.2 Å². The Bertz CT molecular complexity index is 1300. The highest BCUT2D eigenvalue weighted by Gasteiger charge is 2.39. The Morgan fingerprint density at radius 3 is 2.47 bits per heavy atom. The maximum absolute atomic E-state index is 14.7. The lowest BCUT2D eigenvalue weighted by atomic mass is 10.1. The van der Waals surface area contributed by atoms with Gasteiger partial charge in [-0.25, -0.2) is 13.8 Å². The van der Waals surface area contributed by atoms with Crippen LogP contribution in [-0.2, 0) is 0 Å². The standard InChI is InChI=1S/C23H21F5N4O2/c1-2-18(23(26,27)28)29-22(34)15-12-32(17-7-5-13(24)11-16(17)25)21-14(20(15)33)6-8-19(30-21)31-9-3-4-10-31/h5-8,11-12,18H,2-4,9-10H2,1H3,(H,29,34). The molecule has 1 N–H and O–H groups in total. The molecule has 0 spiro atoms. The number of pyridine rings is 2. The number of hydrogen-bond acceptors (Lipinski definition) is 4. The molecule has 11 heteroatoms. The first-order valence-corrected chi connectivity index (χ1v) is 10.7. The molecule has 1 atom stereocenters. The van der Waals surface area contributed by atoms with E-state index in [0.29, 0.717) is 11.9 Å². The molecule has 0 aliphatic carbocycles. The maximum Gasteiger partial charge on any atom is 0.408 e. The number of nitrogens with zero attached hydrogens (tertiary/aromatic N) is 3. The highest BCUT2D eigenvalue weighted by atomic mass is 19.4. The second-order valence-electron chi connectivity index (χ2n) is 8.05. The van der Waals surface area contributed by atoms with E-state index in [1.165, 1.54) is 13.0 Å². The Morgan fingerprint density at radius 1 is 1.15 bits per heavy atom. The van der Waals surface area contributed by atoms with Crippen molar-refractivity contribution in [1.82, 2.24) is 14.9 Å². The quantitative estimate of drug-likeness (QED) is 0.552. The number of nitrogens with one attached hydrogen (secondary N) is 1. The average Bonchev–Trinajstić information content (AvgIpc) is 3.32. The van der Waals surface area contributed by atoms with Gasteiger partial charge in [-0.1, -0.05) is 6.92 Å². The summed E-state index contributed by atoms with van der Waals surface area (Å²) < 4.78 is 68.8. The summed E-state index contributed by atoms with van der Waals surface area (Å²) in [6.07, 6.45) is -2.30. The van der Waals surface area contributed by atoms with Gasteiger partial charge in [0.1, 0.15) is 29.1 Å². The highest BCUT2D eigenvalue weighted by Crippen LogP contribution is 2.25. The fraction of sp³-hybridized carbons (Fsp3) is 0.348. The number of benzene rings is 1. The minimum absolute atomic E-state index is 0.000629. The number of hydrogen-bond donors (Lipinski definition) is 1. The van der Waals surface area contributed by atoms with Gasteiger partial charge >= 0.3 is 6.18 Å². The smallest absolute Gasteiger partial charge is 0.357 e. The fourth-order valence-corrected chi connectivity index (χ4v) is 3.99. The molecule has 180 valence electrons. The van der Waals surface area contributed by atoms with Crippen LogP contribution in [0.15, 0.2) is 41.3 Å². The maximum atomic E-state index is 14.7. The normalized spacial score (nSPS) is 15.1. The molecule has 1 fully saturated rings. The van der Waals surface area contributed by atoms with Crippen molar-refractivity contribution in [3.63, 3.8) is 0 Å². The van der Waals surface area contributed by atoms with E-state index in [1.807, 2.05) is 10.2 Å². The van der Waals surface area contributed by atoms with Crippen LogP contribution in [-0.4, -0.2) is 40.8 Å². The van der Waals surface area contributed by atoms with Crippen molar-refractivity contribution in [3.05, 3.63) is 63.9 Å². The van der Waals surface area contributed by atoms with Crippen LogP contribution < -0.4 is 15.6 Å². The van der Waals surface area contributed by atoms with Gasteiger partial charge in [0.05, 0.1) is 11.1 Å². The predicted molar refractivity (Wildman–Crippen MR) is 116 cm³/mol. The van der Waals surface area contributed by atoms with E-state index in [1.54, 1.807) is 6.07 Å². The first kappa shape index (κ1) is 23.7. The number of amides is 1. The van der Waals surface area contributed by atoms with Gasteiger partial charge in [-0.2, -0.15) is 13.2 Å². The Labute approximate surface area is 191 Å². The zero-order chi connectivity index (χ0) is 24.6. The van der Waals surface area contributed by atoms with Crippen LogP contribution in [0.3, 0.4) is 0 Å². The van der Waals surface area contributed by atoms with Crippen LogP contribution in [0.4, 0.5) is 27.8 Å². The van der Waals surface area contributed by atoms with Crippen LogP contribution in [0.1, 0.15) is 36.5 Å². The average molecular weight is 480 g/mol. The largest absolute Gasteiger partial charge is 0.408 e. The van der Waals surface area contributed by atoms with Gasteiger partial charge in [0.25, 0.3) is 5.91 Å². The topological polar surface area (TPSA) is 67.2 Å². The van der Waals surface area contributed by atoms with E-state index in [2.05, 4.69) is 4.98 Å². The highest BCUT2D eigenvalue weighted by molar-refractivity contribution is 5.97. The second-order valence-corrected chi connectivity index (χ2v) is 8.05. The predicted octanol–water partition coefficient (Wildman–Crippen LogP) is 4.33. The first-order chi connectivity index (χ1) is 16.1. The molecule has 3 heterocycles. The molecule has 4 rings (SSSR count). The molecule has 3 aromatic rings. The number of alkyl halides is 3. The lowest BCUT2D eigenvalue weighted by molar-refractivity contribution is -0.153. The molecule has 1 aliphatic rings. The summed E-state index contributed by atoms with van der Waals surface area (Å²) in [5.41, 5.74) is -1.67. The van der Waals surface area contributed by atoms with Gasteiger partial charge < -0.3 is 10.2 Å². The molecule has 1 amide bonds. The summed E-state index contributed by atoms with van der Waals surface area (Å²) in [7, 11) is 0. The lowest BCUT2D eigenvalue weighted by Gasteiger charge is -2.21. The second kappa shape index (κ2) is 9.03. The van der Waals surface area contributed by atoms with Crippen LogP contribution in [0, 0.1) is 11.6 Å². The molecule has 1 saturated heterocycles. The van der Waals surface area contributed by atoms with Gasteiger partial charge in [0, 0.05) is 25.4 Å². The zero-order valence-electron chi connectivity index (χ0n) is 18.1. The van der Waals surface area contributed by atoms with Crippen molar-refractivity contribution in [1.29, 1.82) is 0 Å². The number of carbonyl (C=O) groups is 1. The summed E-state index contributed by atoms with van der Waals surface area (Å²) in [6.45, 7) is 2.72. The molecule has 6 nitrogen and oxygen atoms in total. The summed E-state index contributed by atoms with van der Waals surface area (Å²) in [5.74, 6) is -2.56. The summed E-state index contributed by atoms with van der Waals surface area (Å²) in [4.78, 5) is 32.3. The van der Waals surface area contributed by atoms with Crippen molar-refractivity contribution in [2.45, 2.75) is 38.4 Å². The van der Waals surface area contributed by atoms with E-state index < -0.39 is 47.2 Å². The van der Waals surface area contributed by atoms with Crippen molar-refractivity contribution in [2.24, 2.45) is 0 Å². The summed E-state index contributed by atoms with van der Waals surface area (Å²) in [5, 5.41) is 1.74. The first-order valence-electron chi connectivity index (χ1n) is 10.7. The Balaban J connectivity index is 1.91. The van der Waals surface area contributed by atoms with E-state index >= 15 is 0 Å². The monoisotopic (exact) mass is 480 g/mol. The molecule has 1 unspecified atom stereocenters. The minimum Gasteiger partial charge on any atom is -0.357 e. The van der Waals surface area contributed by atoms with Gasteiger partial charge in [-0.05, 0) is 43.5 Å². The third kappa shape index (κ3) is 4.46. The molecule has 0 bridgehead atoms. The third-order valence-electron chi connectivity index (χ3n) is 5.79. The summed E-state index contributed by atoms with van der Waals surface area (Å²) >= 11 is 0. The van der Waals surface area contributed by atoms with Crippen LogP contribution in [0.25, 0.3) is 16.7 Å². The zero-order valence-corrected chi connectivity index (χ0v) is 18.1. The number of aromatic nitrogens is 2. The number of carbonyl (C=O) groups excluding carboxylic acids is 1. The molecular weight excluding hydrogens is 459 g/mol. The molecule has 1 aromatic carbocycles. The van der Waals surface area contributed by atoms with Crippen molar-refractivity contribution < 1.29 is 26.7 Å². The molecule has 0 radical (unpaired) electrons. The Morgan fingerprint density at radius 2 is 1.85 bits per heavy atom. The number of rotatable bonds is 5. The molecule has 34 heavy (non-hydrogen) atoms. The summed E-state index contributed by atoms with van der Waals surface area (Å²) in [6, 6.07) is 3.54. The lowest BCUT2D eigenvalue weighted by Crippen LogP contribution is -2.46. The van der Waals surface area contributed by atoms with Crippen LogP contribution in [0.5, 0.6) is 0 Å². The number of anilines is 1. The van der Waals surface area contributed by atoms with E-state index in [0.717, 1.165) is 48.8 Å². The van der Waals surface area contributed by atoms with E-state index in [4.69, 9.17) is 0 Å². The molecule has 2 aromatic heterocycles. The van der Waals surface area contributed by atoms with E-state index in [-0.39, 0.29) is 16.7 Å². The van der Waals surface area contributed by atoms with Crippen LogP contribution in [0.2, 0.25) is 0 Å². The Hall–Kier alpha value is -3.50. The number of halogens is 5. The van der Waals surface area contributed by atoms with Crippen molar-refractivity contribution in [3.8, 4) is 5.69 Å². The number of fused-ring (bicyclic) bond motifs is 1. The fourth-order valence-electron chi connectivity index (χ4n) is 3.99. The molecular formula is C23H21F5N4O2. The van der Waals surface area contributed by atoms with Gasteiger partial charge in [-0.15, -0.1) is 0 Å². The van der Waals surface area contributed by atoms with Crippen LogP contribution >= 0.6 is 0 Å². The van der Waals surface area contributed by atoms with Crippen molar-refractivity contribution in [2.75, 3.05) is 18.0 Å².